The normalized spacial score (nSPS) is 10.3. The van der Waals surface area contributed by atoms with E-state index >= 15 is 0 Å². The maximum atomic E-state index is 11.4. The van der Waals surface area contributed by atoms with Gasteiger partial charge in [0.1, 0.15) is 0 Å². The third-order valence-electron chi connectivity index (χ3n) is 1.82. The monoisotopic (exact) mass is 207 g/mol. The van der Waals surface area contributed by atoms with Crippen LogP contribution in [0.15, 0.2) is 34.8 Å². The summed E-state index contributed by atoms with van der Waals surface area (Å²) in [5, 5.41) is 0. The molecule has 0 aliphatic heterocycles. The van der Waals surface area contributed by atoms with E-state index in [1.54, 1.807) is 28.5 Å². The van der Waals surface area contributed by atoms with Crippen LogP contribution in [0.3, 0.4) is 0 Å². The van der Waals surface area contributed by atoms with E-state index in [9.17, 15) is 4.79 Å². The molecule has 0 aromatic carbocycles. The molecule has 2 aromatic heterocycles. The van der Waals surface area contributed by atoms with Crippen LogP contribution in [0.2, 0.25) is 0 Å². The van der Waals surface area contributed by atoms with Gasteiger partial charge in [0.25, 0.3) is 5.56 Å². The predicted octanol–water partition coefficient (Wildman–Crippen LogP) is 0.935. The quantitative estimate of drug-likeness (QED) is 0.797. The minimum atomic E-state index is -0.0485. The van der Waals surface area contributed by atoms with Crippen molar-refractivity contribution in [3.05, 3.63) is 45.3 Å². The van der Waals surface area contributed by atoms with E-state index in [1.807, 2.05) is 0 Å². The summed E-state index contributed by atoms with van der Waals surface area (Å²) >= 11 is 1.52. The molecule has 14 heavy (non-hydrogen) atoms. The Morgan fingerprint density at radius 1 is 1.50 bits per heavy atom. The number of anilines is 1. The molecule has 2 aromatic rings. The second-order valence-corrected chi connectivity index (χ2v) is 3.87. The van der Waals surface area contributed by atoms with Crippen molar-refractivity contribution >= 4 is 17.0 Å². The van der Waals surface area contributed by atoms with Gasteiger partial charge < -0.3 is 10.3 Å². The van der Waals surface area contributed by atoms with Gasteiger partial charge in [-0.3, -0.25) is 9.78 Å². The number of rotatable bonds is 2. The van der Waals surface area contributed by atoms with Crippen molar-refractivity contribution in [1.82, 2.24) is 9.55 Å². The fraction of sp³-hybridized carbons (Fsp3) is 0.111. The molecule has 0 atom stereocenters. The van der Waals surface area contributed by atoms with E-state index in [4.69, 9.17) is 5.73 Å². The Labute approximate surface area is 84.6 Å². The molecular formula is C9H9N3OS. The van der Waals surface area contributed by atoms with E-state index in [0.29, 0.717) is 12.2 Å². The van der Waals surface area contributed by atoms with Crippen molar-refractivity contribution in [2.75, 3.05) is 5.73 Å². The van der Waals surface area contributed by atoms with Crippen molar-refractivity contribution in [1.29, 1.82) is 0 Å². The third kappa shape index (κ3) is 1.82. The number of pyridine rings is 1. The second-order valence-electron chi connectivity index (χ2n) is 2.90. The van der Waals surface area contributed by atoms with Gasteiger partial charge in [-0.1, -0.05) is 0 Å². The average Bonchev–Trinajstić information content (AvgIpc) is 2.64. The summed E-state index contributed by atoms with van der Waals surface area (Å²) in [4.78, 5) is 16.4. The SMILES string of the molecule is Nc1ccc(=O)n(Cc2cncs2)c1. The van der Waals surface area contributed by atoms with Crippen LogP contribution in [0, 0.1) is 0 Å². The van der Waals surface area contributed by atoms with Crippen molar-refractivity contribution < 1.29 is 0 Å². The van der Waals surface area contributed by atoms with Gasteiger partial charge in [-0.25, -0.2) is 0 Å². The van der Waals surface area contributed by atoms with Crippen molar-refractivity contribution in [3.63, 3.8) is 0 Å². The van der Waals surface area contributed by atoms with Crippen LogP contribution in [0.25, 0.3) is 0 Å². The number of hydrogen-bond acceptors (Lipinski definition) is 4. The van der Waals surface area contributed by atoms with Crippen molar-refractivity contribution in [2.24, 2.45) is 0 Å². The van der Waals surface area contributed by atoms with E-state index in [0.717, 1.165) is 4.88 Å². The van der Waals surface area contributed by atoms with E-state index in [1.165, 1.54) is 17.4 Å². The van der Waals surface area contributed by atoms with Gasteiger partial charge in [0, 0.05) is 29.0 Å². The number of aromatic nitrogens is 2. The number of nitrogen functional groups attached to an aromatic ring is 1. The van der Waals surface area contributed by atoms with Gasteiger partial charge in [-0.2, -0.15) is 0 Å². The maximum absolute atomic E-state index is 11.4. The standard InChI is InChI=1S/C9H9N3OS/c10-7-1-2-9(13)12(4-7)5-8-3-11-6-14-8/h1-4,6H,5,10H2. The lowest BCUT2D eigenvalue weighted by Crippen LogP contribution is -2.18. The molecule has 0 fully saturated rings. The van der Waals surface area contributed by atoms with Gasteiger partial charge in [0.15, 0.2) is 0 Å². The number of hydrogen-bond donors (Lipinski definition) is 1. The Balaban J connectivity index is 2.33. The molecule has 0 aliphatic rings. The zero-order valence-electron chi connectivity index (χ0n) is 7.38. The summed E-state index contributed by atoms with van der Waals surface area (Å²) in [6.45, 7) is 0.536. The van der Waals surface area contributed by atoms with Crippen LogP contribution in [0.1, 0.15) is 4.88 Å². The lowest BCUT2D eigenvalue weighted by Gasteiger charge is -2.03. The van der Waals surface area contributed by atoms with Crippen LogP contribution in [-0.2, 0) is 6.54 Å². The molecule has 2 N–H and O–H groups in total. The summed E-state index contributed by atoms with van der Waals surface area (Å²) in [6.07, 6.45) is 3.39. The van der Waals surface area contributed by atoms with Gasteiger partial charge in [-0.15, -0.1) is 11.3 Å². The highest BCUT2D eigenvalue weighted by atomic mass is 32.1. The highest BCUT2D eigenvalue weighted by molar-refractivity contribution is 7.09. The van der Waals surface area contributed by atoms with Crippen LogP contribution in [0.4, 0.5) is 5.69 Å². The van der Waals surface area contributed by atoms with Gasteiger partial charge in [0.2, 0.25) is 0 Å². The van der Waals surface area contributed by atoms with Crippen molar-refractivity contribution in [2.45, 2.75) is 6.54 Å². The Kier molecular flexibility index (Phi) is 2.32. The topological polar surface area (TPSA) is 60.9 Å². The first-order valence-electron chi connectivity index (χ1n) is 4.09. The third-order valence-corrected chi connectivity index (χ3v) is 2.58. The zero-order valence-corrected chi connectivity index (χ0v) is 8.20. The maximum Gasteiger partial charge on any atom is 0.250 e. The number of nitrogens with two attached hydrogens (primary N) is 1. The van der Waals surface area contributed by atoms with E-state index < -0.39 is 0 Å². The lowest BCUT2D eigenvalue weighted by atomic mass is 10.4. The molecule has 0 aliphatic carbocycles. The fourth-order valence-electron chi connectivity index (χ4n) is 1.16. The Morgan fingerprint density at radius 2 is 2.36 bits per heavy atom. The molecular weight excluding hydrogens is 198 g/mol. The molecule has 4 nitrogen and oxygen atoms in total. The van der Waals surface area contributed by atoms with Crippen LogP contribution < -0.4 is 11.3 Å². The van der Waals surface area contributed by atoms with Crippen molar-refractivity contribution in [3.8, 4) is 0 Å². The minimum absolute atomic E-state index is 0.0485. The largest absolute Gasteiger partial charge is 0.398 e. The number of thiazole rings is 1. The lowest BCUT2D eigenvalue weighted by molar-refractivity contribution is 0.770. The number of nitrogens with zero attached hydrogens (tertiary/aromatic N) is 2. The Morgan fingerprint density at radius 3 is 3.07 bits per heavy atom. The average molecular weight is 207 g/mol. The smallest absolute Gasteiger partial charge is 0.250 e. The molecule has 0 radical (unpaired) electrons. The molecule has 2 heterocycles. The first-order chi connectivity index (χ1) is 6.75. The van der Waals surface area contributed by atoms with Crippen LogP contribution in [0.5, 0.6) is 0 Å². The molecule has 0 saturated heterocycles. The highest BCUT2D eigenvalue weighted by Gasteiger charge is 1.99. The Bertz CT molecular complexity index is 475. The molecule has 72 valence electrons. The van der Waals surface area contributed by atoms with Gasteiger partial charge in [0.05, 0.1) is 12.1 Å². The summed E-state index contributed by atoms with van der Waals surface area (Å²) < 4.78 is 1.57. The van der Waals surface area contributed by atoms with E-state index in [2.05, 4.69) is 4.98 Å². The summed E-state index contributed by atoms with van der Waals surface area (Å²) in [6, 6.07) is 3.07. The van der Waals surface area contributed by atoms with Crippen LogP contribution >= 0.6 is 11.3 Å². The first kappa shape index (κ1) is 8.96. The van der Waals surface area contributed by atoms with Crippen LogP contribution in [-0.4, -0.2) is 9.55 Å². The molecule has 5 heteroatoms. The molecule has 0 bridgehead atoms. The predicted molar refractivity (Wildman–Crippen MR) is 56.3 cm³/mol. The highest BCUT2D eigenvalue weighted by Crippen LogP contribution is 2.07. The molecule has 0 amide bonds. The molecule has 0 saturated carbocycles. The first-order valence-corrected chi connectivity index (χ1v) is 4.97. The molecule has 2 rings (SSSR count). The molecule has 0 spiro atoms. The second kappa shape index (κ2) is 3.63. The van der Waals surface area contributed by atoms with Gasteiger partial charge >= 0.3 is 0 Å². The van der Waals surface area contributed by atoms with E-state index in [-0.39, 0.29) is 5.56 Å². The molecule has 0 unspecified atom stereocenters. The Hall–Kier alpha value is -1.62. The summed E-state index contributed by atoms with van der Waals surface area (Å²) in [7, 11) is 0. The minimum Gasteiger partial charge on any atom is -0.398 e. The zero-order chi connectivity index (χ0) is 9.97. The summed E-state index contributed by atoms with van der Waals surface area (Å²) in [5.74, 6) is 0. The summed E-state index contributed by atoms with van der Waals surface area (Å²) in [5.41, 5.74) is 7.87. The van der Waals surface area contributed by atoms with Gasteiger partial charge in [-0.05, 0) is 6.07 Å². The fourth-order valence-corrected chi connectivity index (χ4v) is 1.75.